The summed E-state index contributed by atoms with van der Waals surface area (Å²) < 4.78 is 5.29. The molecule has 1 aliphatic heterocycles. The van der Waals surface area contributed by atoms with Crippen molar-refractivity contribution in [2.75, 3.05) is 6.61 Å². The molecule has 1 aliphatic rings. The Morgan fingerprint density at radius 3 is 2.80 bits per heavy atom. The van der Waals surface area contributed by atoms with E-state index in [1.807, 2.05) is 19.1 Å². The SMILES string of the molecule is CCOC(C)C(=O)NC1NNC(c2ccncc2)C1C. The second-order valence-electron chi connectivity index (χ2n) is 4.99. The highest BCUT2D eigenvalue weighted by Gasteiger charge is 2.34. The lowest BCUT2D eigenvalue weighted by Crippen LogP contribution is -2.49. The molecule has 0 bridgehead atoms. The molecule has 0 radical (unpaired) electrons. The van der Waals surface area contributed by atoms with E-state index in [2.05, 4.69) is 28.1 Å². The Balaban J connectivity index is 1.94. The number of pyridine rings is 1. The molecule has 2 heterocycles. The second-order valence-corrected chi connectivity index (χ2v) is 4.99. The maximum Gasteiger partial charge on any atom is 0.250 e. The highest BCUT2D eigenvalue weighted by molar-refractivity contribution is 5.80. The van der Waals surface area contributed by atoms with Crippen LogP contribution in [0.3, 0.4) is 0 Å². The van der Waals surface area contributed by atoms with Gasteiger partial charge in [0.2, 0.25) is 5.91 Å². The molecule has 1 fully saturated rings. The van der Waals surface area contributed by atoms with Crippen LogP contribution < -0.4 is 16.2 Å². The molecule has 3 N–H and O–H groups in total. The first-order valence-electron chi connectivity index (χ1n) is 6.96. The fourth-order valence-electron chi connectivity index (χ4n) is 2.36. The molecular weight excluding hydrogens is 256 g/mol. The van der Waals surface area contributed by atoms with Crippen molar-refractivity contribution in [1.82, 2.24) is 21.2 Å². The second kappa shape index (κ2) is 6.78. The molecular formula is C14H22N4O2. The number of nitrogens with one attached hydrogen (secondary N) is 3. The first kappa shape index (κ1) is 14.9. The van der Waals surface area contributed by atoms with Crippen LogP contribution in [-0.2, 0) is 9.53 Å². The molecule has 0 saturated carbocycles. The quantitative estimate of drug-likeness (QED) is 0.740. The fraction of sp³-hybridized carbons (Fsp3) is 0.571. The van der Waals surface area contributed by atoms with Gasteiger partial charge in [-0.05, 0) is 31.5 Å². The molecule has 1 saturated heterocycles. The van der Waals surface area contributed by atoms with Crippen LogP contribution >= 0.6 is 0 Å². The Bertz CT molecular complexity index is 440. The van der Waals surface area contributed by atoms with Crippen LogP contribution in [0.1, 0.15) is 32.4 Å². The molecule has 4 unspecified atom stereocenters. The van der Waals surface area contributed by atoms with Gasteiger partial charge in [-0.2, -0.15) is 0 Å². The average molecular weight is 278 g/mol. The van der Waals surface area contributed by atoms with Gasteiger partial charge in [0.05, 0.1) is 12.2 Å². The van der Waals surface area contributed by atoms with E-state index in [0.717, 1.165) is 5.56 Å². The van der Waals surface area contributed by atoms with Crippen LogP contribution in [0.4, 0.5) is 0 Å². The van der Waals surface area contributed by atoms with E-state index >= 15 is 0 Å². The molecule has 1 amide bonds. The molecule has 0 aromatic carbocycles. The highest BCUT2D eigenvalue weighted by Crippen LogP contribution is 2.26. The monoisotopic (exact) mass is 278 g/mol. The summed E-state index contributed by atoms with van der Waals surface area (Å²) in [5, 5.41) is 2.96. The number of rotatable bonds is 5. The molecule has 2 rings (SSSR count). The minimum atomic E-state index is -0.436. The van der Waals surface area contributed by atoms with Crippen molar-refractivity contribution in [2.45, 2.75) is 39.1 Å². The van der Waals surface area contributed by atoms with Crippen LogP contribution in [0, 0.1) is 5.92 Å². The fourth-order valence-corrected chi connectivity index (χ4v) is 2.36. The largest absolute Gasteiger partial charge is 0.369 e. The lowest BCUT2D eigenvalue weighted by molar-refractivity contribution is -0.132. The van der Waals surface area contributed by atoms with Crippen molar-refractivity contribution in [1.29, 1.82) is 0 Å². The van der Waals surface area contributed by atoms with Gasteiger partial charge in [0, 0.05) is 24.9 Å². The summed E-state index contributed by atoms with van der Waals surface area (Å²) >= 11 is 0. The van der Waals surface area contributed by atoms with Crippen LogP contribution in [0.2, 0.25) is 0 Å². The van der Waals surface area contributed by atoms with Crippen molar-refractivity contribution in [3.05, 3.63) is 30.1 Å². The van der Waals surface area contributed by atoms with Crippen molar-refractivity contribution in [3.63, 3.8) is 0 Å². The zero-order valence-corrected chi connectivity index (χ0v) is 12.1. The number of hydrogen-bond acceptors (Lipinski definition) is 5. The van der Waals surface area contributed by atoms with Gasteiger partial charge in [-0.15, -0.1) is 0 Å². The summed E-state index contributed by atoms with van der Waals surface area (Å²) in [5.74, 6) is 0.114. The predicted molar refractivity (Wildman–Crippen MR) is 75.4 cm³/mol. The molecule has 0 spiro atoms. The lowest BCUT2D eigenvalue weighted by atomic mass is 9.95. The minimum absolute atomic E-state index is 0.103. The Morgan fingerprint density at radius 1 is 1.45 bits per heavy atom. The van der Waals surface area contributed by atoms with E-state index < -0.39 is 6.10 Å². The number of hydrogen-bond donors (Lipinski definition) is 3. The number of carbonyl (C=O) groups excluding carboxylic acids is 1. The maximum absolute atomic E-state index is 12.0. The van der Waals surface area contributed by atoms with Crippen molar-refractivity contribution < 1.29 is 9.53 Å². The summed E-state index contributed by atoms with van der Waals surface area (Å²) in [4.78, 5) is 16.0. The van der Waals surface area contributed by atoms with Crippen LogP contribution in [0.25, 0.3) is 0 Å². The van der Waals surface area contributed by atoms with Crippen LogP contribution in [0.5, 0.6) is 0 Å². The summed E-state index contributed by atoms with van der Waals surface area (Å²) in [6.45, 7) is 6.25. The van der Waals surface area contributed by atoms with Gasteiger partial charge in [0.25, 0.3) is 0 Å². The van der Waals surface area contributed by atoms with E-state index in [1.54, 1.807) is 19.3 Å². The Hall–Kier alpha value is -1.50. The number of aromatic nitrogens is 1. The van der Waals surface area contributed by atoms with E-state index in [9.17, 15) is 4.79 Å². The van der Waals surface area contributed by atoms with E-state index in [1.165, 1.54) is 0 Å². The van der Waals surface area contributed by atoms with Gasteiger partial charge in [-0.3, -0.25) is 9.78 Å². The number of hydrazine groups is 1. The Morgan fingerprint density at radius 2 is 2.15 bits per heavy atom. The third-order valence-corrected chi connectivity index (χ3v) is 3.59. The van der Waals surface area contributed by atoms with Gasteiger partial charge in [0.15, 0.2) is 0 Å². The van der Waals surface area contributed by atoms with Gasteiger partial charge < -0.3 is 10.1 Å². The lowest BCUT2D eigenvalue weighted by Gasteiger charge is -2.21. The summed E-state index contributed by atoms with van der Waals surface area (Å²) in [6.07, 6.45) is 2.98. The number of amides is 1. The van der Waals surface area contributed by atoms with Gasteiger partial charge in [-0.25, -0.2) is 10.9 Å². The third-order valence-electron chi connectivity index (χ3n) is 3.59. The first-order valence-corrected chi connectivity index (χ1v) is 6.96. The number of carbonyl (C=O) groups is 1. The average Bonchev–Trinajstić information content (AvgIpc) is 2.81. The zero-order chi connectivity index (χ0) is 14.5. The zero-order valence-electron chi connectivity index (χ0n) is 12.1. The van der Waals surface area contributed by atoms with E-state index in [-0.39, 0.29) is 24.0 Å². The Kier molecular flexibility index (Phi) is 5.05. The number of nitrogens with zero attached hydrogens (tertiary/aromatic N) is 1. The molecule has 4 atom stereocenters. The highest BCUT2D eigenvalue weighted by atomic mass is 16.5. The maximum atomic E-state index is 12.0. The number of ether oxygens (including phenoxy) is 1. The topological polar surface area (TPSA) is 75.3 Å². The molecule has 20 heavy (non-hydrogen) atoms. The minimum Gasteiger partial charge on any atom is -0.369 e. The predicted octanol–water partition coefficient (Wildman–Crippen LogP) is 0.734. The standard InChI is InChI=1S/C14H22N4O2/c1-4-20-10(3)14(19)16-13-9(2)12(17-18-13)11-5-7-15-8-6-11/h5-10,12-13,17-18H,4H2,1-3H3,(H,16,19). The van der Waals surface area contributed by atoms with Gasteiger partial charge in [0.1, 0.15) is 6.10 Å². The van der Waals surface area contributed by atoms with Crippen molar-refractivity contribution in [3.8, 4) is 0 Å². The summed E-state index contributed by atoms with van der Waals surface area (Å²) in [6, 6.07) is 4.09. The van der Waals surface area contributed by atoms with Gasteiger partial charge >= 0.3 is 0 Å². The van der Waals surface area contributed by atoms with Gasteiger partial charge in [-0.1, -0.05) is 6.92 Å². The molecule has 6 nitrogen and oxygen atoms in total. The Labute approximate surface area is 119 Å². The van der Waals surface area contributed by atoms with Crippen molar-refractivity contribution in [2.24, 2.45) is 5.92 Å². The summed E-state index contributed by atoms with van der Waals surface area (Å²) in [5.41, 5.74) is 7.49. The van der Waals surface area contributed by atoms with Crippen molar-refractivity contribution >= 4 is 5.91 Å². The van der Waals surface area contributed by atoms with E-state index in [4.69, 9.17) is 4.74 Å². The smallest absolute Gasteiger partial charge is 0.250 e. The molecule has 1 aromatic rings. The molecule has 6 heteroatoms. The van der Waals surface area contributed by atoms with Crippen LogP contribution in [0.15, 0.2) is 24.5 Å². The molecule has 110 valence electrons. The van der Waals surface area contributed by atoms with E-state index in [0.29, 0.717) is 6.61 Å². The third kappa shape index (κ3) is 3.33. The molecule has 1 aromatic heterocycles. The first-order chi connectivity index (χ1) is 9.63. The normalized spacial score (nSPS) is 27.2. The molecule has 0 aliphatic carbocycles. The van der Waals surface area contributed by atoms with Crippen LogP contribution in [-0.4, -0.2) is 29.8 Å². The summed E-state index contributed by atoms with van der Waals surface area (Å²) in [7, 11) is 0.